The van der Waals surface area contributed by atoms with Crippen molar-refractivity contribution < 1.29 is 13.2 Å². The van der Waals surface area contributed by atoms with Gasteiger partial charge in [-0.3, -0.25) is 0 Å². The van der Waals surface area contributed by atoms with Gasteiger partial charge in [-0.1, -0.05) is 84.9 Å². The molecule has 1 nitrogen and oxygen atoms in total. The molecule has 0 aliphatic carbocycles. The van der Waals surface area contributed by atoms with Crippen molar-refractivity contribution >= 4 is 54.1 Å². The van der Waals surface area contributed by atoms with Gasteiger partial charge in [-0.15, -0.1) is 0 Å². The van der Waals surface area contributed by atoms with Crippen LogP contribution in [0.25, 0.3) is 65.3 Å². The van der Waals surface area contributed by atoms with E-state index in [0.717, 1.165) is 59.7 Å². The fraction of sp³-hybridized carbons (Fsp3) is 0.0323. The summed E-state index contributed by atoms with van der Waals surface area (Å²) in [5.74, 6) is 0. The largest absolute Gasteiger partial charge is 0.416 e. The van der Waals surface area contributed by atoms with Crippen LogP contribution in [0.2, 0.25) is 0 Å². The summed E-state index contributed by atoms with van der Waals surface area (Å²) in [4.78, 5) is 3.36. The van der Waals surface area contributed by atoms with Gasteiger partial charge < -0.3 is 4.98 Å². The number of halogens is 3. The number of aromatic nitrogens is 1. The summed E-state index contributed by atoms with van der Waals surface area (Å²) in [5.41, 5.74) is 2.73. The number of rotatable bonds is 1. The van der Waals surface area contributed by atoms with Gasteiger partial charge in [0.1, 0.15) is 0 Å². The van der Waals surface area contributed by atoms with Crippen molar-refractivity contribution in [2.75, 3.05) is 0 Å². The third-order valence-electron chi connectivity index (χ3n) is 7.00. The Balaban J connectivity index is 1.71. The maximum atomic E-state index is 13.5. The van der Waals surface area contributed by atoms with Crippen molar-refractivity contribution in [3.05, 3.63) is 109 Å². The lowest BCUT2D eigenvalue weighted by Crippen LogP contribution is -2.03. The molecule has 0 saturated heterocycles. The second-order valence-corrected chi connectivity index (χ2v) is 8.97. The second-order valence-electron chi connectivity index (χ2n) is 8.97. The van der Waals surface area contributed by atoms with Gasteiger partial charge in [-0.05, 0) is 56.1 Å². The molecule has 0 aliphatic rings. The molecule has 0 bridgehead atoms. The van der Waals surface area contributed by atoms with Crippen LogP contribution in [-0.2, 0) is 6.18 Å². The highest BCUT2D eigenvalue weighted by atomic mass is 19.4. The van der Waals surface area contributed by atoms with E-state index in [1.165, 1.54) is 12.1 Å². The lowest BCUT2D eigenvalue weighted by Gasteiger charge is -2.14. The summed E-state index contributed by atoms with van der Waals surface area (Å²) in [7, 11) is 0. The van der Waals surface area contributed by atoms with E-state index in [1.807, 2.05) is 30.3 Å². The average Bonchev–Trinajstić information content (AvgIpc) is 3.24. The topological polar surface area (TPSA) is 15.8 Å². The molecule has 0 spiro atoms. The molecule has 6 aromatic carbocycles. The van der Waals surface area contributed by atoms with Crippen molar-refractivity contribution in [2.24, 2.45) is 0 Å². The normalized spacial score (nSPS) is 12.4. The lowest BCUT2D eigenvalue weighted by atomic mass is 9.90. The Morgan fingerprint density at radius 2 is 1.20 bits per heavy atom. The molecule has 7 rings (SSSR count). The quantitative estimate of drug-likeness (QED) is 0.234. The van der Waals surface area contributed by atoms with Crippen LogP contribution in [0.3, 0.4) is 0 Å². The van der Waals surface area contributed by atoms with E-state index >= 15 is 0 Å². The second kappa shape index (κ2) is 7.09. The Morgan fingerprint density at radius 1 is 0.514 bits per heavy atom. The molecule has 1 heterocycles. The molecule has 1 aromatic heterocycles. The van der Waals surface area contributed by atoms with Gasteiger partial charge in [0.25, 0.3) is 0 Å². The van der Waals surface area contributed by atoms with E-state index in [0.29, 0.717) is 5.52 Å². The number of benzene rings is 6. The summed E-state index contributed by atoms with van der Waals surface area (Å²) in [6.45, 7) is 0. The lowest BCUT2D eigenvalue weighted by molar-refractivity contribution is -0.137. The SMILES string of the molecule is FC(F)(F)c1ccc2c(c1)[nH]c1c(-c3cccc4ccccc34)c3ccc4ccccc4c3cc12. The van der Waals surface area contributed by atoms with E-state index in [1.54, 1.807) is 6.07 Å². The zero-order valence-corrected chi connectivity index (χ0v) is 18.4. The molecular weight excluding hydrogens is 443 g/mol. The molecule has 0 atom stereocenters. The monoisotopic (exact) mass is 461 g/mol. The van der Waals surface area contributed by atoms with Gasteiger partial charge in [0.2, 0.25) is 0 Å². The highest BCUT2D eigenvalue weighted by Gasteiger charge is 2.31. The molecule has 0 saturated carbocycles. The predicted molar refractivity (Wildman–Crippen MR) is 139 cm³/mol. The standard InChI is InChI=1S/C31H18F3N/c32-31(33,34)20-13-15-23-27-17-26-22-10-4-2-7-19(22)12-14-25(26)29(30(27)35-28(23)16-20)24-11-5-8-18-6-1-3-9-21(18)24/h1-17,35H. The van der Waals surface area contributed by atoms with Crippen molar-refractivity contribution in [3.8, 4) is 11.1 Å². The Bertz CT molecular complexity index is 1940. The third kappa shape index (κ3) is 2.96. The molecule has 0 unspecified atom stereocenters. The van der Waals surface area contributed by atoms with Crippen LogP contribution in [0.15, 0.2) is 103 Å². The fourth-order valence-electron chi connectivity index (χ4n) is 5.41. The van der Waals surface area contributed by atoms with Crippen LogP contribution >= 0.6 is 0 Å². The van der Waals surface area contributed by atoms with E-state index in [9.17, 15) is 13.2 Å². The van der Waals surface area contributed by atoms with Crippen LogP contribution in [0.1, 0.15) is 5.56 Å². The number of nitrogens with one attached hydrogen (secondary N) is 1. The van der Waals surface area contributed by atoms with E-state index in [2.05, 4.69) is 59.6 Å². The molecule has 0 radical (unpaired) electrons. The summed E-state index contributed by atoms with van der Waals surface area (Å²) in [6.07, 6.45) is -4.40. The summed E-state index contributed by atoms with van der Waals surface area (Å²) in [5, 5.41) is 8.31. The molecule has 35 heavy (non-hydrogen) atoms. The maximum Gasteiger partial charge on any atom is 0.416 e. The summed E-state index contributed by atoms with van der Waals surface area (Å²) >= 11 is 0. The molecule has 0 fully saturated rings. The first kappa shape index (κ1) is 20.1. The van der Waals surface area contributed by atoms with Crippen LogP contribution in [0.5, 0.6) is 0 Å². The van der Waals surface area contributed by atoms with Gasteiger partial charge in [0.05, 0.1) is 11.1 Å². The first-order chi connectivity index (χ1) is 17.0. The average molecular weight is 461 g/mol. The van der Waals surface area contributed by atoms with Gasteiger partial charge in [0.15, 0.2) is 0 Å². The Kier molecular flexibility index (Phi) is 4.07. The molecule has 168 valence electrons. The predicted octanol–water partition coefficient (Wildman–Crippen LogP) is 9.47. The zero-order valence-electron chi connectivity index (χ0n) is 18.4. The molecule has 7 aromatic rings. The molecular formula is C31H18F3N. The number of aromatic amines is 1. The van der Waals surface area contributed by atoms with Crippen LogP contribution in [0.4, 0.5) is 13.2 Å². The van der Waals surface area contributed by atoms with E-state index < -0.39 is 11.7 Å². The highest BCUT2D eigenvalue weighted by molar-refractivity contribution is 6.25. The van der Waals surface area contributed by atoms with Crippen molar-refractivity contribution in [3.63, 3.8) is 0 Å². The van der Waals surface area contributed by atoms with Crippen molar-refractivity contribution in [2.45, 2.75) is 6.18 Å². The molecule has 4 heteroatoms. The number of H-pyrrole nitrogens is 1. The first-order valence-electron chi connectivity index (χ1n) is 11.4. The minimum atomic E-state index is -4.40. The Labute approximate surface area is 198 Å². The van der Waals surface area contributed by atoms with Gasteiger partial charge in [-0.2, -0.15) is 13.2 Å². The minimum Gasteiger partial charge on any atom is -0.354 e. The Hall–Kier alpha value is -4.31. The van der Waals surface area contributed by atoms with Gasteiger partial charge in [0, 0.05) is 21.9 Å². The number of alkyl halides is 3. The maximum absolute atomic E-state index is 13.5. The molecule has 1 N–H and O–H groups in total. The minimum absolute atomic E-state index is 0.482. The fourth-order valence-corrected chi connectivity index (χ4v) is 5.41. The van der Waals surface area contributed by atoms with Crippen LogP contribution < -0.4 is 0 Å². The molecule has 0 amide bonds. The van der Waals surface area contributed by atoms with Gasteiger partial charge >= 0.3 is 6.18 Å². The number of hydrogen-bond acceptors (Lipinski definition) is 0. The van der Waals surface area contributed by atoms with Crippen LogP contribution in [0, 0.1) is 0 Å². The van der Waals surface area contributed by atoms with E-state index in [4.69, 9.17) is 0 Å². The first-order valence-corrected chi connectivity index (χ1v) is 11.4. The Morgan fingerprint density at radius 3 is 2.00 bits per heavy atom. The third-order valence-corrected chi connectivity index (χ3v) is 7.00. The zero-order chi connectivity index (χ0) is 23.7. The van der Waals surface area contributed by atoms with Crippen molar-refractivity contribution in [1.82, 2.24) is 4.98 Å². The highest BCUT2D eigenvalue weighted by Crippen LogP contribution is 2.44. The number of fused-ring (bicyclic) bond motifs is 7. The number of hydrogen-bond donors (Lipinski definition) is 1. The summed E-state index contributed by atoms with van der Waals surface area (Å²) in [6, 6.07) is 33.0. The molecule has 0 aliphatic heterocycles. The smallest absolute Gasteiger partial charge is 0.354 e. The summed E-state index contributed by atoms with van der Waals surface area (Å²) < 4.78 is 40.4. The van der Waals surface area contributed by atoms with Crippen molar-refractivity contribution in [1.29, 1.82) is 0 Å². The van der Waals surface area contributed by atoms with E-state index in [-0.39, 0.29) is 0 Å². The van der Waals surface area contributed by atoms with Crippen LogP contribution in [-0.4, -0.2) is 4.98 Å². The van der Waals surface area contributed by atoms with Gasteiger partial charge in [-0.25, -0.2) is 0 Å².